The van der Waals surface area contributed by atoms with Crippen LogP contribution in [0.5, 0.6) is 0 Å². The molecule has 0 atom stereocenters. The molecule has 7 heteroatoms. The van der Waals surface area contributed by atoms with Gasteiger partial charge in [0.15, 0.2) is 0 Å². The van der Waals surface area contributed by atoms with Gasteiger partial charge < -0.3 is 10.6 Å². The molecule has 1 saturated heterocycles. The van der Waals surface area contributed by atoms with Gasteiger partial charge in [-0.25, -0.2) is 8.42 Å². The Morgan fingerprint density at radius 2 is 1.63 bits per heavy atom. The normalized spacial score (nSPS) is 20.0. The van der Waals surface area contributed by atoms with Gasteiger partial charge >= 0.3 is 0 Å². The van der Waals surface area contributed by atoms with Crippen LogP contribution in [0.25, 0.3) is 0 Å². The molecule has 2 N–H and O–H groups in total. The molecule has 1 aromatic rings. The van der Waals surface area contributed by atoms with Gasteiger partial charge in [-0.2, -0.15) is 4.31 Å². The van der Waals surface area contributed by atoms with Crippen molar-refractivity contribution in [1.29, 1.82) is 0 Å². The number of sulfonamides is 1. The van der Waals surface area contributed by atoms with Crippen LogP contribution in [0.15, 0.2) is 29.2 Å². The van der Waals surface area contributed by atoms with Gasteiger partial charge in [0.2, 0.25) is 15.9 Å². The van der Waals surface area contributed by atoms with E-state index in [0.717, 1.165) is 0 Å². The quantitative estimate of drug-likeness (QED) is 0.804. The van der Waals surface area contributed by atoms with E-state index in [9.17, 15) is 13.2 Å². The van der Waals surface area contributed by atoms with Crippen LogP contribution in [0.3, 0.4) is 0 Å². The molecule has 2 fully saturated rings. The van der Waals surface area contributed by atoms with E-state index in [1.807, 2.05) is 12.1 Å². The molecule has 1 aromatic carbocycles. The Labute approximate surface area is 162 Å². The zero-order valence-electron chi connectivity index (χ0n) is 16.0. The lowest BCUT2D eigenvalue weighted by molar-refractivity contribution is -0.132. The second-order valence-corrected chi connectivity index (χ2v) is 9.52. The summed E-state index contributed by atoms with van der Waals surface area (Å²) < 4.78 is 27.4. The van der Waals surface area contributed by atoms with Crippen LogP contribution >= 0.6 is 0 Å². The van der Waals surface area contributed by atoms with Crippen LogP contribution in [0.1, 0.15) is 56.4 Å². The highest BCUT2D eigenvalue weighted by Gasteiger charge is 2.30. The Morgan fingerprint density at radius 1 is 1.00 bits per heavy atom. The molecule has 0 unspecified atom stereocenters. The number of hydrogen-bond donors (Lipinski definition) is 1. The Bertz CT molecular complexity index is 719. The number of nitrogens with two attached hydrogens (primary N) is 1. The van der Waals surface area contributed by atoms with Crippen molar-refractivity contribution in [3.05, 3.63) is 29.8 Å². The molecular weight excluding hydrogens is 362 g/mol. The topological polar surface area (TPSA) is 83.7 Å². The lowest BCUT2D eigenvalue weighted by atomic mass is 9.84. The summed E-state index contributed by atoms with van der Waals surface area (Å²) in [4.78, 5) is 14.2. The number of benzene rings is 1. The Morgan fingerprint density at radius 3 is 2.22 bits per heavy atom. The van der Waals surface area contributed by atoms with Crippen molar-refractivity contribution < 1.29 is 13.2 Å². The van der Waals surface area contributed by atoms with Crippen LogP contribution in [-0.2, 0) is 14.8 Å². The van der Waals surface area contributed by atoms with Crippen LogP contribution in [-0.4, -0.2) is 56.3 Å². The van der Waals surface area contributed by atoms with Gasteiger partial charge in [-0.05, 0) is 49.4 Å². The average molecular weight is 394 g/mol. The van der Waals surface area contributed by atoms with Crippen LogP contribution in [0.4, 0.5) is 0 Å². The molecule has 0 spiro atoms. The van der Waals surface area contributed by atoms with Gasteiger partial charge in [-0.15, -0.1) is 0 Å². The van der Waals surface area contributed by atoms with Crippen molar-refractivity contribution in [3.63, 3.8) is 0 Å². The number of carbonyl (C=O) groups excluding carboxylic acids is 1. The van der Waals surface area contributed by atoms with E-state index in [-0.39, 0.29) is 5.91 Å². The number of carbonyl (C=O) groups is 1. The predicted molar refractivity (Wildman–Crippen MR) is 106 cm³/mol. The zero-order chi connectivity index (χ0) is 19.3. The van der Waals surface area contributed by atoms with Crippen molar-refractivity contribution in [2.45, 2.75) is 55.8 Å². The highest BCUT2D eigenvalue weighted by Crippen LogP contribution is 2.33. The lowest BCUT2D eigenvalue weighted by Gasteiger charge is -2.34. The molecule has 1 amide bonds. The maximum absolute atomic E-state index is 12.9. The largest absolute Gasteiger partial charge is 0.340 e. The molecule has 2 aliphatic rings. The fraction of sp³-hybridized carbons (Fsp3) is 0.650. The summed E-state index contributed by atoms with van der Waals surface area (Å²) in [7, 11) is -3.50. The molecule has 6 nitrogen and oxygen atoms in total. The van der Waals surface area contributed by atoms with E-state index in [1.54, 1.807) is 17.0 Å². The van der Waals surface area contributed by atoms with E-state index >= 15 is 0 Å². The summed E-state index contributed by atoms with van der Waals surface area (Å²) in [6.45, 7) is 2.09. The third-order valence-corrected chi connectivity index (χ3v) is 7.69. The fourth-order valence-corrected chi connectivity index (χ4v) is 5.51. The monoisotopic (exact) mass is 393 g/mol. The minimum absolute atomic E-state index is 0.0642. The summed E-state index contributed by atoms with van der Waals surface area (Å²) >= 11 is 0. The number of nitrogens with zero attached hydrogens (tertiary/aromatic N) is 2. The second kappa shape index (κ2) is 9.17. The van der Waals surface area contributed by atoms with Crippen LogP contribution in [0, 0.1) is 0 Å². The molecule has 3 rings (SSSR count). The van der Waals surface area contributed by atoms with E-state index in [2.05, 4.69) is 0 Å². The molecule has 1 aliphatic carbocycles. The highest BCUT2D eigenvalue weighted by molar-refractivity contribution is 7.89. The van der Waals surface area contributed by atoms with Crippen molar-refractivity contribution in [3.8, 4) is 0 Å². The third kappa shape index (κ3) is 4.89. The summed E-state index contributed by atoms with van der Waals surface area (Å²) in [5.41, 5.74) is 6.70. The minimum atomic E-state index is -3.50. The molecule has 1 aliphatic heterocycles. The van der Waals surface area contributed by atoms with E-state index < -0.39 is 10.0 Å². The summed E-state index contributed by atoms with van der Waals surface area (Å²) in [6, 6.07) is 7.46. The number of amides is 1. The van der Waals surface area contributed by atoms with Crippen molar-refractivity contribution in [2.24, 2.45) is 5.73 Å². The smallest absolute Gasteiger partial charge is 0.243 e. The van der Waals surface area contributed by atoms with E-state index in [0.29, 0.717) is 56.4 Å². The fourth-order valence-electron chi connectivity index (χ4n) is 4.09. The second-order valence-electron chi connectivity index (χ2n) is 7.58. The zero-order valence-corrected chi connectivity index (χ0v) is 16.8. The molecular formula is C20H31N3O3S. The summed E-state index contributed by atoms with van der Waals surface area (Å²) in [6.07, 6.45) is 7.34. The maximum atomic E-state index is 12.9. The standard InChI is InChI=1S/C20H31N3O3S/c21-12-4-7-20(24)22-13-15-23(16-14-22)27(25,26)19-10-8-18(9-11-19)17-5-2-1-3-6-17/h8-11,17H,1-7,12-16,21H2. The first-order chi connectivity index (χ1) is 13.0. The molecule has 1 heterocycles. The van der Waals surface area contributed by atoms with Gasteiger partial charge in [-0.1, -0.05) is 31.4 Å². The van der Waals surface area contributed by atoms with E-state index in [1.165, 1.54) is 42.0 Å². The molecule has 0 aromatic heterocycles. The van der Waals surface area contributed by atoms with Gasteiger partial charge in [0, 0.05) is 32.6 Å². The first-order valence-corrected chi connectivity index (χ1v) is 11.5. The third-order valence-electron chi connectivity index (χ3n) is 5.78. The van der Waals surface area contributed by atoms with Gasteiger partial charge in [0.1, 0.15) is 0 Å². The van der Waals surface area contributed by atoms with Gasteiger partial charge in [0.05, 0.1) is 4.90 Å². The minimum Gasteiger partial charge on any atom is -0.340 e. The van der Waals surface area contributed by atoms with Crippen molar-refractivity contribution in [2.75, 3.05) is 32.7 Å². The first-order valence-electron chi connectivity index (χ1n) is 10.1. The van der Waals surface area contributed by atoms with Gasteiger partial charge in [-0.3, -0.25) is 4.79 Å². The maximum Gasteiger partial charge on any atom is 0.243 e. The van der Waals surface area contributed by atoms with Crippen molar-refractivity contribution >= 4 is 15.9 Å². The lowest BCUT2D eigenvalue weighted by Crippen LogP contribution is -2.50. The molecule has 0 radical (unpaired) electrons. The number of hydrogen-bond acceptors (Lipinski definition) is 4. The van der Waals surface area contributed by atoms with E-state index in [4.69, 9.17) is 5.73 Å². The average Bonchev–Trinajstić information content (AvgIpc) is 2.73. The highest BCUT2D eigenvalue weighted by atomic mass is 32.2. The number of piperazine rings is 1. The summed E-state index contributed by atoms with van der Waals surface area (Å²) in [5, 5.41) is 0. The van der Waals surface area contributed by atoms with Crippen molar-refractivity contribution in [1.82, 2.24) is 9.21 Å². The molecule has 150 valence electrons. The van der Waals surface area contributed by atoms with Gasteiger partial charge in [0.25, 0.3) is 0 Å². The van der Waals surface area contributed by atoms with Crippen LogP contribution in [0.2, 0.25) is 0 Å². The predicted octanol–water partition coefficient (Wildman–Crippen LogP) is 2.31. The summed E-state index contributed by atoms with van der Waals surface area (Å²) in [5.74, 6) is 0.632. The Hall–Kier alpha value is -1.44. The molecule has 27 heavy (non-hydrogen) atoms. The molecule has 0 bridgehead atoms. The SMILES string of the molecule is NCCCC(=O)N1CCN(S(=O)(=O)c2ccc(C3CCCCC3)cc2)CC1. The Balaban J connectivity index is 1.60. The molecule has 1 saturated carbocycles. The first kappa shape index (κ1) is 20.3. The number of rotatable bonds is 6. The van der Waals surface area contributed by atoms with Crippen LogP contribution < -0.4 is 5.73 Å². The Kier molecular flexibility index (Phi) is 6.89.